The maximum atomic E-state index is 4.73. The Morgan fingerprint density at radius 1 is 0.714 bits per heavy atom. The van der Waals surface area contributed by atoms with Crippen LogP contribution >= 0.6 is 0 Å². The molecule has 104 valence electrons. The normalized spacial score (nSPS) is 10.8. The third kappa shape index (κ3) is 2.97. The van der Waals surface area contributed by atoms with E-state index in [1.165, 1.54) is 5.56 Å². The van der Waals surface area contributed by atoms with Crippen molar-refractivity contribution in [1.29, 1.82) is 0 Å². The summed E-state index contributed by atoms with van der Waals surface area (Å²) in [6, 6.07) is 16.0. The zero-order valence-electron chi connectivity index (χ0n) is 12.2. The van der Waals surface area contributed by atoms with Crippen molar-refractivity contribution in [2.75, 3.05) is 0 Å². The van der Waals surface area contributed by atoms with Gasteiger partial charge in [0.2, 0.25) is 0 Å². The molecule has 0 aliphatic rings. The Morgan fingerprint density at radius 2 is 1.24 bits per heavy atom. The lowest BCUT2D eigenvalue weighted by Gasteiger charge is -2.11. The molecule has 3 aromatic heterocycles. The van der Waals surface area contributed by atoms with E-state index < -0.39 is 0 Å². The van der Waals surface area contributed by atoms with Gasteiger partial charge in [-0.2, -0.15) is 0 Å². The summed E-state index contributed by atoms with van der Waals surface area (Å²) in [6.45, 7) is 4.36. The third-order valence-corrected chi connectivity index (χ3v) is 3.37. The number of aromatic nitrogens is 3. The summed E-state index contributed by atoms with van der Waals surface area (Å²) < 4.78 is 0. The maximum Gasteiger partial charge on any atom is 0.0897 e. The molecule has 0 atom stereocenters. The van der Waals surface area contributed by atoms with Gasteiger partial charge in [0, 0.05) is 12.4 Å². The number of pyridine rings is 3. The smallest absolute Gasteiger partial charge is 0.0897 e. The van der Waals surface area contributed by atoms with Gasteiger partial charge >= 0.3 is 0 Å². The summed E-state index contributed by atoms with van der Waals surface area (Å²) >= 11 is 0. The monoisotopic (exact) mass is 275 g/mol. The predicted octanol–water partition coefficient (Wildman–Crippen LogP) is 4.33. The molecule has 0 saturated heterocycles. The summed E-state index contributed by atoms with van der Waals surface area (Å²) in [4.78, 5) is 13.5. The van der Waals surface area contributed by atoms with E-state index in [4.69, 9.17) is 4.98 Å². The molecule has 3 heteroatoms. The number of hydrogen-bond donors (Lipinski definition) is 0. The van der Waals surface area contributed by atoms with Crippen molar-refractivity contribution in [2.24, 2.45) is 0 Å². The van der Waals surface area contributed by atoms with Gasteiger partial charge < -0.3 is 0 Å². The van der Waals surface area contributed by atoms with Gasteiger partial charge in [-0.05, 0) is 47.9 Å². The number of hydrogen-bond acceptors (Lipinski definition) is 3. The molecule has 3 aromatic rings. The lowest BCUT2D eigenvalue weighted by Crippen LogP contribution is -1.96. The van der Waals surface area contributed by atoms with Crippen LogP contribution in [0, 0.1) is 0 Å². The molecule has 0 N–H and O–H groups in total. The predicted molar refractivity (Wildman–Crippen MR) is 84.8 cm³/mol. The SMILES string of the molecule is CC(C)c1cc(-c2ccccn2)nc(-c2ccccn2)c1. The topological polar surface area (TPSA) is 38.7 Å². The molecule has 0 unspecified atom stereocenters. The van der Waals surface area contributed by atoms with E-state index in [2.05, 4.69) is 35.9 Å². The molecule has 3 heterocycles. The minimum absolute atomic E-state index is 0.429. The molecular weight excluding hydrogens is 258 g/mol. The minimum Gasteiger partial charge on any atom is -0.255 e. The fourth-order valence-corrected chi connectivity index (χ4v) is 2.18. The van der Waals surface area contributed by atoms with Crippen LogP contribution < -0.4 is 0 Å². The molecule has 0 aliphatic carbocycles. The highest BCUT2D eigenvalue weighted by atomic mass is 14.8. The largest absolute Gasteiger partial charge is 0.255 e. The van der Waals surface area contributed by atoms with Gasteiger partial charge in [-0.1, -0.05) is 26.0 Å². The second-order valence-corrected chi connectivity index (χ2v) is 5.26. The summed E-state index contributed by atoms with van der Waals surface area (Å²) in [5, 5.41) is 0. The van der Waals surface area contributed by atoms with E-state index in [1.54, 1.807) is 12.4 Å². The Balaban J connectivity index is 2.16. The van der Waals surface area contributed by atoms with Crippen LogP contribution in [0.2, 0.25) is 0 Å². The van der Waals surface area contributed by atoms with Crippen molar-refractivity contribution in [3.05, 3.63) is 66.5 Å². The maximum absolute atomic E-state index is 4.73. The van der Waals surface area contributed by atoms with Crippen LogP contribution in [0.1, 0.15) is 25.3 Å². The first-order valence-corrected chi connectivity index (χ1v) is 7.09. The molecule has 0 radical (unpaired) electrons. The molecule has 0 fully saturated rings. The Hall–Kier alpha value is -2.55. The highest BCUT2D eigenvalue weighted by molar-refractivity contribution is 5.63. The quantitative estimate of drug-likeness (QED) is 0.714. The molecule has 3 nitrogen and oxygen atoms in total. The van der Waals surface area contributed by atoms with Crippen LogP contribution in [0.3, 0.4) is 0 Å². The second-order valence-electron chi connectivity index (χ2n) is 5.26. The van der Waals surface area contributed by atoms with Gasteiger partial charge in [0.15, 0.2) is 0 Å². The van der Waals surface area contributed by atoms with E-state index in [-0.39, 0.29) is 0 Å². The van der Waals surface area contributed by atoms with Crippen molar-refractivity contribution in [1.82, 2.24) is 15.0 Å². The third-order valence-electron chi connectivity index (χ3n) is 3.37. The zero-order chi connectivity index (χ0) is 14.7. The standard InChI is InChI=1S/C18H17N3/c1-13(2)14-11-17(15-7-3-5-9-19-15)21-18(12-14)16-8-4-6-10-20-16/h3-13H,1-2H3. The van der Waals surface area contributed by atoms with E-state index in [0.717, 1.165) is 22.8 Å². The molecule has 0 amide bonds. The Labute approximate surface area is 124 Å². The number of rotatable bonds is 3. The molecule has 0 aromatic carbocycles. The molecule has 0 aliphatic heterocycles. The van der Waals surface area contributed by atoms with Crippen molar-refractivity contribution < 1.29 is 0 Å². The number of nitrogens with zero attached hydrogens (tertiary/aromatic N) is 3. The van der Waals surface area contributed by atoms with Gasteiger partial charge in [-0.25, -0.2) is 4.98 Å². The Morgan fingerprint density at radius 3 is 1.62 bits per heavy atom. The summed E-state index contributed by atoms with van der Waals surface area (Å²) in [5.74, 6) is 0.429. The molecule has 0 bridgehead atoms. The van der Waals surface area contributed by atoms with E-state index in [9.17, 15) is 0 Å². The van der Waals surface area contributed by atoms with Crippen LogP contribution in [-0.2, 0) is 0 Å². The van der Waals surface area contributed by atoms with E-state index >= 15 is 0 Å². The van der Waals surface area contributed by atoms with Gasteiger partial charge in [0.25, 0.3) is 0 Å². The molecule has 3 rings (SSSR count). The Bertz CT molecular complexity index is 664. The van der Waals surface area contributed by atoms with E-state index in [0.29, 0.717) is 5.92 Å². The first-order chi connectivity index (χ1) is 10.2. The lowest BCUT2D eigenvalue weighted by molar-refractivity contribution is 0.864. The van der Waals surface area contributed by atoms with Crippen molar-refractivity contribution in [2.45, 2.75) is 19.8 Å². The first kappa shape index (κ1) is 13.4. The van der Waals surface area contributed by atoms with Gasteiger partial charge in [0.05, 0.1) is 22.8 Å². The molecule has 21 heavy (non-hydrogen) atoms. The highest BCUT2D eigenvalue weighted by Gasteiger charge is 2.10. The summed E-state index contributed by atoms with van der Waals surface area (Å²) in [7, 11) is 0. The van der Waals surface area contributed by atoms with Crippen LogP contribution in [0.5, 0.6) is 0 Å². The second kappa shape index (κ2) is 5.83. The summed E-state index contributed by atoms with van der Waals surface area (Å²) in [6.07, 6.45) is 3.58. The van der Waals surface area contributed by atoms with Crippen molar-refractivity contribution >= 4 is 0 Å². The van der Waals surface area contributed by atoms with Crippen LogP contribution in [0.15, 0.2) is 60.9 Å². The highest BCUT2D eigenvalue weighted by Crippen LogP contribution is 2.26. The van der Waals surface area contributed by atoms with Crippen LogP contribution in [-0.4, -0.2) is 15.0 Å². The fraction of sp³-hybridized carbons (Fsp3) is 0.167. The molecule has 0 saturated carbocycles. The summed E-state index contributed by atoms with van der Waals surface area (Å²) in [5.41, 5.74) is 4.80. The average molecular weight is 275 g/mol. The first-order valence-electron chi connectivity index (χ1n) is 7.09. The van der Waals surface area contributed by atoms with Gasteiger partial charge in [-0.3, -0.25) is 9.97 Å². The zero-order valence-corrected chi connectivity index (χ0v) is 12.2. The van der Waals surface area contributed by atoms with Gasteiger partial charge in [-0.15, -0.1) is 0 Å². The van der Waals surface area contributed by atoms with Crippen LogP contribution in [0.4, 0.5) is 0 Å². The molecule has 0 spiro atoms. The molecular formula is C18H17N3. The van der Waals surface area contributed by atoms with Crippen molar-refractivity contribution in [3.8, 4) is 22.8 Å². The lowest BCUT2D eigenvalue weighted by atomic mass is 10.0. The van der Waals surface area contributed by atoms with E-state index in [1.807, 2.05) is 36.4 Å². The van der Waals surface area contributed by atoms with Crippen molar-refractivity contribution in [3.63, 3.8) is 0 Å². The average Bonchev–Trinajstić information content (AvgIpc) is 2.56. The Kier molecular flexibility index (Phi) is 3.73. The minimum atomic E-state index is 0.429. The fourth-order valence-electron chi connectivity index (χ4n) is 2.18. The van der Waals surface area contributed by atoms with Crippen LogP contribution in [0.25, 0.3) is 22.8 Å². The van der Waals surface area contributed by atoms with Gasteiger partial charge in [0.1, 0.15) is 0 Å².